The molecular formula is C13H17N3O3S2. The monoisotopic (exact) mass is 327 g/mol. The zero-order valence-corrected chi connectivity index (χ0v) is 13.5. The molecular weight excluding hydrogens is 310 g/mol. The molecule has 0 amide bonds. The zero-order chi connectivity index (χ0) is 15.0. The molecule has 0 aliphatic heterocycles. The number of sulfonamides is 1. The van der Waals surface area contributed by atoms with E-state index in [2.05, 4.69) is 15.0 Å². The second-order valence-electron chi connectivity index (χ2n) is 5.12. The van der Waals surface area contributed by atoms with Crippen molar-refractivity contribution in [3.63, 3.8) is 0 Å². The van der Waals surface area contributed by atoms with Crippen LogP contribution in [0.4, 0.5) is 5.13 Å². The Morgan fingerprint density at radius 2 is 2.14 bits per heavy atom. The topological polar surface area (TPSA) is 84.2 Å². The fourth-order valence-corrected chi connectivity index (χ4v) is 4.48. The van der Waals surface area contributed by atoms with Crippen LogP contribution in [-0.2, 0) is 16.6 Å². The van der Waals surface area contributed by atoms with Gasteiger partial charge in [-0.15, -0.1) is 11.3 Å². The van der Waals surface area contributed by atoms with E-state index in [0.717, 1.165) is 12.8 Å². The molecule has 2 aromatic rings. The van der Waals surface area contributed by atoms with Gasteiger partial charge < -0.3 is 9.73 Å². The Balaban J connectivity index is 1.91. The van der Waals surface area contributed by atoms with E-state index in [9.17, 15) is 8.42 Å². The van der Waals surface area contributed by atoms with Crippen molar-refractivity contribution in [2.75, 3.05) is 4.72 Å². The van der Waals surface area contributed by atoms with Gasteiger partial charge in [0.1, 0.15) is 16.4 Å². The molecule has 0 atom stereocenters. The van der Waals surface area contributed by atoms with Gasteiger partial charge in [-0.05, 0) is 26.7 Å². The summed E-state index contributed by atoms with van der Waals surface area (Å²) < 4.78 is 33.2. The highest BCUT2D eigenvalue weighted by atomic mass is 32.2. The molecule has 0 bridgehead atoms. The highest BCUT2D eigenvalue weighted by Crippen LogP contribution is 2.29. The number of aromatic nitrogens is 1. The van der Waals surface area contributed by atoms with Crippen LogP contribution in [0, 0.1) is 13.8 Å². The molecule has 2 N–H and O–H groups in total. The van der Waals surface area contributed by atoms with Crippen LogP contribution in [-0.4, -0.2) is 19.4 Å². The van der Waals surface area contributed by atoms with Gasteiger partial charge in [0.2, 0.25) is 0 Å². The minimum absolute atomic E-state index is 0.225. The smallest absolute Gasteiger partial charge is 0.267 e. The van der Waals surface area contributed by atoms with Crippen LogP contribution in [0.25, 0.3) is 0 Å². The van der Waals surface area contributed by atoms with E-state index in [0.29, 0.717) is 34.8 Å². The Bertz CT molecular complexity index is 731. The fourth-order valence-electron chi connectivity index (χ4n) is 2.24. The van der Waals surface area contributed by atoms with Crippen molar-refractivity contribution in [1.82, 2.24) is 10.3 Å². The largest absolute Gasteiger partial charge is 0.465 e. The lowest BCUT2D eigenvalue weighted by molar-refractivity contribution is 0.493. The Morgan fingerprint density at radius 3 is 2.76 bits per heavy atom. The number of rotatable bonds is 6. The molecule has 0 aromatic carbocycles. The van der Waals surface area contributed by atoms with Crippen molar-refractivity contribution < 1.29 is 12.8 Å². The fraction of sp³-hybridized carbons (Fsp3) is 0.462. The summed E-state index contributed by atoms with van der Waals surface area (Å²) >= 11 is 1.24. The van der Waals surface area contributed by atoms with E-state index in [1.54, 1.807) is 25.4 Å². The summed E-state index contributed by atoms with van der Waals surface area (Å²) in [5.74, 6) is 1.05. The van der Waals surface area contributed by atoms with Crippen LogP contribution in [0.2, 0.25) is 0 Å². The molecule has 6 nitrogen and oxygen atoms in total. The standard InChI is InChI=1S/C13H17N3O3S2/c1-8-11(7-15-10-3-4-10)12(9(2)19-8)21(17,18)16-13-14-5-6-20-13/h5-6,10,15H,3-4,7H2,1-2H3,(H,14,16). The lowest BCUT2D eigenvalue weighted by atomic mass is 10.2. The van der Waals surface area contributed by atoms with Gasteiger partial charge in [0.25, 0.3) is 10.0 Å². The summed E-state index contributed by atoms with van der Waals surface area (Å²) in [6.07, 6.45) is 3.86. The highest BCUT2D eigenvalue weighted by molar-refractivity contribution is 7.93. The number of hydrogen-bond acceptors (Lipinski definition) is 6. The predicted molar refractivity (Wildman–Crippen MR) is 81.0 cm³/mol. The maximum atomic E-state index is 12.6. The Morgan fingerprint density at radius 1 is 1.38 bits per heavy atom. The Kier molecular flexibility index (Phi) is 3.76. The molecule has 1 aliphatic rings. The number of furan rings is 1. The molecule has 1 saturated carbocycles. The molecule has 0 saturated heterocycles. The van der Waals surface area contributed by atoms with Gasteiger partial charge in [-0.25, -0.2) is 13.4 Å². The van der Waals surface area contributed by atoms with Gasteiger partial charge in [-0.1, -0.05) is 0 Å². The maximum absolute atomic E-state index is 12.6. The molecule has 1 aliphatic carbocycles. The number of hydrogen-bond donors (Lipinski definition) is 2. The van der Waals surface area contributed by atoms with Crippen LogP contribution in [0.5, 0.6) is 0 Å². The number of aryl methyl sites for hydroxylation is 2. The van der Waals surface area contributed by atoms with Crippen molar-refractivity contribution in [3.05, 3.63) is 28.7 Å². The van der Waals surface area contributed by atoms with Crippen LogP contribution in [0.15, 0.2) is 20.9 Å². The molecule has 0 spiro atoms. The van der Waals surface area contributed by atoms with Crippen molar-refractivity contribution in [1.29, 1.82) is 0 Å². The number of anilines is 1. The average molecular weight is 327 g/mol. The predicted octanol–water partition coefficient (Wildman–Crippen LogP) is 2.41. The summed E-state index contributed by atoms with van der Waals surface area (Å²) in [6, 6.07) is 0.502. The normalized spacial score (nSPS) is 15.3. The SMILES string of the molecule is Cc1oc(C)c(S(=O)(=O)Nc2nccs2)c1CNC1CC1. The molecule has 21 heavy (non-hydrogen) atoms. The number of nitrogens with zero attached hydrogens (tertiary/aromatic N) is 1. The van der Waals surface area contributed by atoms with Crippen molar-refractivity contribution in [2.24, 2.45) is 0 Å². The highest BCUT2D eigenvalue weighted by Gasteiger charge is 2.29. The summed E-state index contributed by atoms with van der Waals surface area (Å²) in [4.78, 5) is 4.18. The van der Waals surface area contributed by atoms with E-state index < -0.39 is 10.0 Å². The molecule has 3 rings (SSSR count). The van der Waals surface area contributed by atoms with Gasteiger partial charge in [-0.2, -0.15) is 0 Å². The van der Waals surface area contributed by atoms with Crippen LogP contribution >= 0.6 is 11.3 Å². The molecule has 8 heteroatoms. The van der Waals surface area contributed by atoms with Gasteiger partial charge in [0, 0.05) is 29.7 Å². The van der Waals surface area contributed by atoms with E-state index in [-0.39, 0.29) is 4.90 Å². The van der Waals surface area contributed by atoms with Crippen LogP contribution in [0.3, 0.4) is 0 Å². The first-order valence-corrected chi connectivity index (χ1v) is 9.08. The summed E-state index contributed by atoms with van der Waals surface area (Å²) in [6.45, 7) is 3.96. The molecule has 0 unspecified atom stereocenters. The lowest BCUT2D eigenvalue weighted by Crippen LogP contribution is -2.20. The van der Waals surface area contributed by atoms with E-state index in [1.807, 2.05) is 0 Å². The molecule has 114 valence electrons. The van der Waals surface area contributed by atoms with E-state index in [4.69, 9.17) is 4.42 Å². The molecule has 1 fully saturated rings. The van der Waals surface area contributed by atoms with Crippen LogP contribution in [0.1, 0.15) is 29.9 Å². The molecule has 2 aromatic heterocycles. The summed E-state index contributed by atoms with van der Waals surface area (Å²) in [7, 11) is -3.69. The van der Waals surface area contributed by atoms with Gasteiger partial charge in [0.05, 0.1) is 0 Å². The van der Waals surface area contributed by atoms with Gasteiger partial charge in [-0.3, -0.25) is 4.72 Å². The second-order valence-corrected chi connectivity index (χ2v) is 7.63. The third-order valence-corrected chi connectivity index (χ3v) is 5.74. The van der Waals surface area contributed by atoms with Crippen molar-refractivity contribution in [3.8, 4) is 0 Å². The summed E-state index contributed by atoms with van der Waals surface area (Å²) in [5, 5.41) is 5.41. The number of nitrogens with one attached hydrogen (secondary N) is 2. The van der Waals surface area contributed by atoms with Crippen LogP contribution < -0.4 is 10.0 Å². The minimum Gasteiger partial charge on any atom is -0.465 e. The molecule has 2 heterocycles. The first-order valence-electron chi connectivity index (χ1n) is 6.72. The summed E-state index contributed by atoms with van der Waals surface area (Å²) in [5.41, 5.74) is 0.698. The Labute approximate surface area is 127 Å². The third-order valence-electron chi connectivity index (χ3n) is 3.39. The lowest BCUT2D eigenvalue weighted by Gasteiger charge is -2.08. The molecule has 0 radical (unpaired) electrons. The van der Waals surface area contributed by atoms with Crippen molar-refractivity contribution >= 4 is 26.5 Å². The average Bonchev–Trinajstić information content (AvgIpc) is 3.00. The minimum atomic E-state index is -3.69. The third kappa shape index (κ3) is 3.12. The zero-order valence-electron chi connectivity index (χ0n) is 11.8. The van der Waals surface area contributed by atoms with E-state index in [1.165, 1.54) is 11.3 Å². The van der Waals surface area contributed by atoms with Gasteiger partial charge in [0.15, 0.2) is 5.13 Å². The Hall–Kier alpha value is -1.38. The van der Waals surface area contributed by atoms with Gasteiger partial charge >= 0.3 is 0 Å². The first kappa shape index (κ1) is 14.6. The first-order chi connectivity index (χ1) is 9.97. The van der Waals surface area contributed by atoms with E-state index >= 15 is 0 Å². The second kappa shape index (κ2) is 5.43. The maximum Gasteiger partial charge on any atom is 0.267 e. The van der Waals surface area contributed by atoms with Crippen molar-refractivity contribution in [2.45, 2.75) is 44.2 Å². The number of thiazole rings is 1. The quantitative estimate of drug-likeness (QED) is 0.851.